The molecule has 1 fully saturated rings. The van der Waals surface area contributed by atoms with Crippen LogP contribution in [0, 0.1) is 0 Å². The highest BCUT2D eigenvalue weighted by molar-refractivity contribution is 5.93. The highest BCUT2D eigenvalue weighted by Crippen LogP contribution is 2.33. The molecule has 0 radical (unpaired) electrons. The lowest BCUT2D eigenvalue weighted by Gasteiger charge is -2.38. The van der Waals surface area contributed by atoms with Gasteiger partial charge in [0.1, 0.15) is 17.5 Å². The van der Waals surface area contributed by atoms with Crippen molar-refractivity contribution in [1.82, 2.24) is 34.8 Å². The van der Waals surface area contributed by atoms with E-state index in [9.17, 15) is 4.79 Å². The first kappa shape index (κ1) is 21.2. The fraction of sp³-hybridized carbons (Fsp3) is 0.240. The smallest absolute Gasteiger partial charge is 0.236 e. The minimum absolute atomic E-state index is 0.0350. The van der Waals surface area contributed by atoms with E-state index in [1.54, 1.807) is 23.5 Å². The van der Waals surface area contributed by atoms with Crippen molar-refractivity contribution in [2.45, 2.75) is 19.1 Å². The molecule has 1 saturated heterocycles. The molecule has 1 aliphatic heterocycles. The summed E-state index contributed by atoms with van der Waals surface area (Å²) in [5.74, 6) is 0.695. The molecule has 10 heteroatoms. The van der Waals surface area contributed by atoms with Crippen LogP contribution in [-0.2, 0) is 4.79 Å². The van der Waals surface area contributed by atoms with E-state index in [0.717, 1.165) is 44.5 Å². The fourth-order valence-electron chi connectivity index (χ4n) is 4.51. The van der Waals surface area contributed by atoms with Gasteiger partial charge in [-0.1, -0.05) is 12.1 Å². The van der Waals surface area contributed by atoms with Crippen LogP contribution < -0.4 is 10.5 Å². The highest BCUT2D eigenvalue weighted by Gasteiger charge is 2.31. The predicted molar refractivity (Wildman–Crippen MR) is 131 cm³/mol. The Morgan fingerprint density at radius 1 is 1.23 bits per heavy atom. The molecule has 3 N–H and O–H groups in total. The number of nitrogens with two attached hydrogens (primary N) is 1. The van der Waals surface area contributed by atoms with Crippen molar-refractivity contribution in [2.75, 3.05) is 19.6 Å². The molecule has 0 saturated carbocycles. The van der Waals surface area contributed by atoms with Crippen molar-refractivity contribution < 1.29 is 9.53 Å². The number of H-pyrrole nitrogens is 1. The molecular formula is C25H24N8O2. The molecule has 176 valence electrons. The fourth-order valence-corrected chi connectivity index (χ4v) is 4.51. The number of benzene rings is 2. The number of carbonyl (C=O) groups is 1. The monoisotopic (exact) mass is 468 g/mol. The van der Waals surface area contributed by atoms with Crippen LogP contribution in [0.4, 0.5) is 0 Å². The highest BCUT2D eigenvalue weighted by atomic mass is 16.5. The van der Waals surface area contributed by atoms with Gasteiger partial charge in [0.05, 0.1) is 35.3 Å². The Morgan fingerprint density at radius 2 is 2.09 bits per heavy atom. The number of nitrogens with one attached hydrogen (secondary N) is 1. The molecule has 0 spiro atoms. The summed E-state index contributed by atoms with van der Waals surface area (Å²) in [5.41, 5.74) is 10.7. The maximum absolute atomic E-state index is 11.7. The standard InChI is InChI=1S/C25H24N8O2/c1-15(19-3-2-4-22-25(19)28-8-7-27-22)35-18-5-6-21-20(9-18)24(31-30-21)16-11-29-33(12-16)17-13-32(14-17)23(34)10-26/h2-9,11-12,15,17H,10,13-14,26H2,1H3,(H,30,31). The molecule has 6 rings (SSSR count). The predicted octanol–water partition coefficient (Wildman–Crippen LogP) is 2.85. The molecular weight excluding hydrogens is 444 g/mol. The number of hydrogen-bond donors (Lipinski definition) is 2. The van der Waals surface area contributed by atoms with Gasteiger partial charge in [0.25, 0.3) is 0 Å². The first-order valence-electron chi connectivity index (χ1n) is 11.5. The van der Waals surface area contributed by atoms with E-state index in [-0.39, 0.29) is 24.6 Å². The van der Waals surface area contributed by atoms with Crippen LogP contribution >= 0.6 is 0 Å². The summed E-state index contributed by atoms with van der Waals surface area (Å²) in [4.78, 5) is 22.3. The van der Waals surface area contributed by atoms with Gasteiger partial charge in [0.15, 0.2) is 0 Å². The molecule has 2 aromatic carbocycles. The number of fused-ring (bicyclic) bond motifs is 2. The average Bonchev–Trinajstić information content (AvgIpc) is 3.49. The summed E-state index contributed by atoms with van der Waals surface area (Å²) in [6.07, 6.45) is 6.93. The first-order chi connectivity index (χ1) is 17.1. The minimum atomic E-state index is -0.219. The number of ether oxygens (including phenoxy) is 1. The first-order valence-corrected chi connectivity index (χ1v) is 11.5. The van der Waals surface area contributed by atoms with E-state index < -0.39 is 0 Å². The van der Waals surface area contributed by atoms with Crippen LogP contribution in [0.25, 0.3) is 33.2 Å². The van der Waals surface area contributed by atoms with E-state index in [2.05, 4.69) is 25.3 Å². The van der Waals surface area contributed by atoms with Crippen LogP contribution in [-0.4, -0.2) is 60.4 Å². The Labute approximate surface area is 200 Å². The summed E-state index contributed by atoms with van der Waals surface area (Å²) >= 11 is 0. The third kappa shape index (κ3) is 3.77. The minimum Gasteiger partial charge on any atom is -0.486 e. The van der Waals surface area contributed by atoms with Gasteiger partial charge in [0, 0.05) is 48.2 Å². The van der Waals surface area contributed by atoms with Crippen LogP contribution in [0.1, 0.15) is 24.6 Å². The summed E-state index contributed by atoms with van der Waals surface area (Å²) in [6.45, 7) is 3.28. The van der Waals surface area contributed by atoms with E-state index in [1.807, 2.05) is 54.2 Å². The van der Waals surface area contributed by atoms with Gasteiger partial charge in [-0.25, -0.2) is 0 Å². The summed E-state index contributed by atoms with van der Waals surface area (Å²) in [7, 11) is 0. The Bertz CT molecular complexity index is 1530. The molecule has 4 heterocycles. The van der Waals surface area contributed by atoms with Gasteiger partial charge >= 0.3 is 0 Å². The lowest BCUT2D eigenvalue weighted by molar-refractivity contribution is -0.135. The van der Waals surface area contributed by atoms with Crippen molar-refractivity contribution in [2.24, 2.45) is 5.73 Å². The number of carbonyl (C=O) groups excluding carboxylic acids is 1. The zero-order valence-corrected chi connectivity index (χ0v) is 19.1. The maximum Gasteiger partial charge on any atom is 0.236 e. The lowest BCUT2D eigenvalue weighted by Crippen LogP contribution is -2.52. The summed E-state index contributed by atoms with van der Waals surface area (Å²) < 4.78 is 8.20. The maximum atomic E-state index is 11.7. The van der Waals surface area contributed by atoms with Gasteiger partial charge in [-0.2, -0.15) is 10.2 Å². The van der Waals surface area contributed by atoms with Gasteiger partial charge in [0.2, 0.25) is 5.91 Å². The van der Waals surface area contributed by atoms with E-state index >= 15 is 0 Å². The molecule has 1 amide bonds. The molecule has 3 aromatic heterocycles. The zero-order chi connectivity index (χ0) is 23.9. The van der Waals surface area contributed by atoms with Gasteiger partial charge < -0.3 is 15.4 Å². The Kier molecular flexibility index (Phi) is 5.14. The molecule has 0 bridgehead atoms. The van der Waals surface area contributed by atoms with E-state index in [4.69, 9.17) is 10.5 Å². The van der Waals surface area contributed by atoms with Gasteiger partial charge in [-0.15, -0.1) is 0 Å². The lowest BCUT2D eigenvalue weighted by atomic mass is 10.1. The third-order valence-electron chi connectivity index (χ3n) is 6.45. The second-order valence-electron chi connectivity index (χ2n) is 8.68. The normalized spacial score (nSPS) is 14.9. The van der Waals surface area contributed by atoms with Crippen LogP contribution in [0.2, 0.25) is 0 Å². The van der Waals surface area contributed by atoms with Crippen LogP contribution in [0.15, 0.2) is 61.2 Å². The quantitative estimate of drug-likeness (QED) is 0.392. The second-order valence-corrected chi connectivity index (χ2v) is 8.68. The largest absolute Gasteiger partial charge is 0.486 e. The molecule has 5 aromatic rings. The number of amides is 1. The SMILES string of the molecule is CC(Oc1ccc2[nH]nc(-c3cnn(C4CN(C(=O)CN)C4)c3)c2c1)c1cccc2nccnc12. The second kappa shape index (κ2) is 8.48. The molecule has 1 atom stereocenters. The number of likely N-dealkylation sites (tertiary alicyclic amines) is 1. The van der Waals surface area contributed by atoms with Crippen molar-refractivity contribution >= 4 is 27.8 Å². The number of hydrogen-bond acceptors (Lipinski definition) is 7. The Hall–Kier alpha value is -4.31. The van der Waals surface area contributed by atoms with E-state index in [1.165, 1.54) is 0 Å². The number of aromatic nitrogens is 6. The van der Waals surface area contributed by atoms with E-state index in [0.29, 0.717) is 13.1 Å². The Balaban J connectivity index is 1.24. The molecule has 0 aliphatic carbocycles. The average molecular weight is 469 g/mol. The third-order valence-corrected chi connectivity index (χ3v) is 6.45. The summed E-state index contributed by atoms with van der Waals surface area (Å²) in [5, 5.41) is 13.1. The van der Waals surface area contributed by atoms with Crippen LogP contribution in [0.5, 0.6) is 5.75 Å². The van der Waals surface area contributed by atoms with Crippen molar-refractivity contribution in [3.63, 3.8) is 0 Å². The van der Waals surface area contributed by atoms with Crippen molar-refractivity contribution in [3.05, 3.63) is 66.7 Å². The number of rotatable bonds is 6. The zero-order valence-electron chi connectivity index (χ0n) is 19.1. The number of nitrogens with zero attached hydrogens (tertiary/aromatic N) is 6. The van der Waals surface area contributed by atoms with Crippen molar-refractivity contribution in [3.8, 4) is 17.0 Å². The molecule has 1 aliphatic rings. The summed E-state index contributed by atoms with van der Waals surface area (Å²) in [6, 6.07) is 12.0. The topological polar surface area (TPSA) is 128 Å². The molecule has 1 unspecified atom stereocenters. The Morgan fingerprint density at radius 3 is 2.94 bits per heavy atom. The molecule has 35 heavy (non-hydrogen) atoms. The number of aromatic amines is 1. The van der Waals surface area contributed by atoms with Crippen LogP contribution in [0.3, 0.4) is 0 Å². The number of para-hydroxylation sites is 1. The van der Waals surface area contributed by atoms with Gasteiger partial charge in [-0.05, 0) is 31.2 Å². The van der Waals surface area contributed by atoms with Crippen molar-refractivity contribution in [1.29, 1.82) is 0 Å². The van der Waals surface area contributed by atoms with Gasteiger partial charge in [-0.3, -0.25) is 24.5 Å². The molecule has 10 nitrogen and oxygen atoms in total.